The minimum atomic E-state index is -4.16. The van der Waals surface area contributed by atoms with Crippen molar-refractivity contribution in [1.82, 2.24) is 0 Å². The number of nitrogens with one attached hydrogen (secondary N) is 2. The van der Waals surface area contributed by atoms with Gasteiger partial charge in [0.2, 0.25) is 0 Å². The molecule has 0 bridgehead atoms. The lowest BCUT2D eigenvalue weighted by atomic mass is 10.2. The van der Waals surface area contributed by atoms with Crippen molar-refractivity contribution in [3.05, 3.63) is 82.4 Å². The molecule has 1 amide bonds. The van der Waals surface area contributed by atoms with E-state index in [1.54, 1.807) is 18.2 Å². The molecule has 0 unspecified atom stereocenters. The highest BCUT2D eigenvalue weighted by Crippen LogP contribution is 2.31. The van der Waals surface area contributed by atoms with Gasteiger partial charge in [0.1, 0.15) is 5.75 Å². The monoisotopic (exact) mass is 473 g/mol. The molecule has 0 heterocycles. The summed E-state index contributed by atoms with van der Waals surface area (Å²) in [5, 5.41) is 13.8. The predicted octanol–water partition coefficient (Wildman–Crippen LogP) is 4.38. The third-order valence-corrected chi connectivity index (χ3v) is 6.46. The van der Waals surface area contributed by atoms with Crippen LogP contribution in [0.1, 0.15) is 10.4 Å². The lowest BCUT2D eigenvalue weighted by Gasteiger charge is -2.12. The van der Waals surface area contributed by atoms with Gasteiger partial charge in [0, 0.05) is 28.3 Å². The van der Waals surface area contributed by atoms with Crippen molar-refractivity contribution in [1.29, 1.82) is 0 Å². The Morgan fingerprint density at radius 2 is 1.81 bits per heavy atom. The molecule has 3 rings (SSSR count). The second kappa shape index (κ2) is 9.71. The fraction of sp³-hybridized carbons (Fsp3) is 0.0952. The van der Waals surface area contributed by atoms with Crippen molar-refractivity contribution in [2.24, 2.45) is 0 Å². The van der Waals surface area contributed by atoms with Gasteiger partial charge in [-0.2, -0.15) is 0 Å². The SMILES string of the molecule is COc1ccc([N+](=O)[O-])cc1NS(=O)(=O)c1cccc(C(=O)Nc2cccc(SC)c2)c1. The first-order chi connectivity index (χ1) is 15.2. The number of non-ortho nitro benzene ring substituents is 1. The number of anilines is 2. The number of hydrogen-bond acceptors (Lipinski definition) is 7. The van der Waals surface area contributed by atoms with Crippen LogP contribution in [-0.2, 0) is 10.0 Å². The molecule has 0 aliphatic rings. The Balaban J connectivity index is 1.87. The first-order valence-electron chi connectivity index (χ1n) is 9.14. The van der Waals surface area contributed by atoms with Crippen LogP contribution in [0.4, 0.5) is 17.1 Å². The van der Waals surface area contributed by atoms with Crippen molar-refractivity contribution < 1.29 is 22.9 Å². The van der Waals surface area contributed by atoms with Gasteiger partial charge in [0.05, 0.1) is 22.6 Å². The summed E-state index contributed by atoms with van der Waals surface area (Å²) >= 11 is 1.53. The highest BCUT2D eigenvalue weighted by Gasteiger charge is 2.20. The van der Waals surface area contributed by atoms with Gasteiger partial charge in [0.25, 0.3) is 21.6 Å². The maximum Gasteiger partial charge on any atom is 0.271 e. The lowest BCUT2D eigenvalue weighted by molar-refractivity contribution is -0.384. The Labute approximate surface area is 189 Å². The van der Waals surface area contributed by atoms with Crippen LogP contribution < -0.4 is 14.8 Å². The largest absolute Gasteiger partial charge is 0.495 e. The summed E-state index contributed by atoms with van der Waals surface area (Å²) in [6.45, 7) is 0. The molecule has 0 aliphatic heterocycles. The number of nitro groups is 1. The summed E-state index contributed by atoms with van der Waals surface area (Å²) in [4.78, 5) is 23.8. The molecule has 0 radical (unpaired) electrons. The van der Waals surface area contributed by atoms with E-state index in [1.807, 2.05) is 12.3 Å². The Bertz CT molecular complexity index is 1280. The number of nitro benzene ring substituents is 1. The molecule has 0 saturated heterocycles. The van der Waals surface area contributed by atoms with Crippen molar-refractivity contribution in [3.63, 3.8) is 0 Å². The standard InChI is InChI=1S/C21H19N3O6S2/c1-30-20-10-9-16(24(26)27)13-19(20)23-32(28,29)18-8-3-5-14(11-18)21(25)22-15-6-4-7-17(12-15)31-2/h3-13,23H,1-2H3,(H,22,25). The first kappa shape index (κ1) is 23.1. The van der Waals surface area contributed by atoms with E-state index in [0.717, 1.165) is 11.0 Å². The van der Waals surface area contributed by atoms with Crippen LogP contribution in [0.2, 0.25) is 0 Å². The van der Waals surface area contributed by atoms with Crippen molar-refractivity contribution >= 4 is 44.8 Å². The van der Waals surface area contributed by atoms with Crippen LogP contribution in [0, 0.1) is 10.1 Å². The number of ether oxygens (including phenoxy) is 1. The van der Waals surface area contributed by atoms with Gasteiger partial charge in [-0.25, -0.2) is 8.42 Å². The molecule has 11 heteroatoms. The molecular weight excluding hydrogens is 454 g/mol. The molecule has 2 N–H and O–H groups in total. The molecule has 0 spiro atoms. The number of thioether (sulfide) groups is 1. The summed E-state index contributed by atoms with van der Waals surface area (Å²) in [6.07, 6.45) is 1.92. The number of sulfonamides is 1. The summed E-state index contributed by atoms with van der Waals surface area (Å²) in [5.41, 5.74) is 0.317. The number of hydrogen-bond donors (Lipinski definition) is 2. The average Bonchev–Trinajstić information content (AvgIpc) is 2.79. The highest BCUT2D eigenvalue weighted by atomic mass is 32.2. The van der Waals surface area contributed by atoms with Gasteiger partial charge in [-0.15, -0.1) is 11.8 Å². The Kier molecular flexibility index (Phi) is 7.01. The second-order valence-corrected chi connectivity index (χ2v) is 9.02. The van der Waals surface area contributed by atoms with Crippen molar-refractivity contribution in [2.45, 2.75) is 9.79 Å². The Morgan fingerprint density at radius 3 is 2.50 bits per heavy atom. The van der Waals surface area contributed by atoms with E-state index in [9.17, 15) is 23.3 Å². The number of carbonyl (C=O) groups excluding carboxylic acids is 1. The van der Waals surface area contributed by atoms with E-state index in [4.69, 9.17) is 4.74 Å². The fourth-order valence-corrected chi connectivity index (χ4v) is 4.37. The lowest BCUT2D eigenvalue weighted by Crippen LogP contribution is -2.16. The summed E-state index contributed by atoms with van der Waals surface area (Å²) < 4.78 is 33.2. The summed E-state index contributed by atoms with van der Waals surface area (Å²) in [5.74, 6) is -0.366. The minimum absolute atomic E-state index is 0.0922. The van der Waals surface area contributed by atoms with E-state index in [-0.39, 0.29) is 27.6 Å². The van der Waals surface area contributed by atoms with Gasteiger partial charge in [-0.1, -0.05) is 12.1 Å². The predicted molar refractivity (Wildman–Crippen MR) is 123 cm³/mol. The highest BCUT2D eigenvalue weighted by molar-refractivity contribution is 7.98. The summed E-state index contributed by atoms with van der Waals surface area (Å²) in [6, 6.07) is 16.3. The number of methoxy groups -OCH3 is 1. The van der Waals surface area contributed by atoms with Gasteiger partial charge in [0.15, 0.2) is 0 Å². The zero-order chi connectivity index (χ0) is 23.3. The van der Waals surface area contributed by atoms with Crippen molar-refractivity contribution in [2.75, 3.05) is 23.4 Å². The fourth-order valence-electron chi connectivity index (χ4n) is 2.80. The van der Waals surface area contributed by atoms with Gasteiger partial charge < -0.3 is 10.1 Å². The van der Waals surface area contributed by atoms with E-state index in [0.29, 0.717) is 5.69 Å². The molecule has 3 aromatic rings. The Hall–Kier alpha value is -3.57. The van der Waals surface area contributed by atoms with Crippen LogP contribution in [-0.4, -0.2) is 32.6 Å². The van der Waals surface area contributed by atoms with Crippen LogP contribution in [0.25, 0.3) is 0 Å². The number of benzene rings is 3. The Morgan fingerprint density at radius 1 is 1.06 bits per heavy atom. The summed E-state index contributed by atoms with van der Waals surface area (Å²) in [7, 11) is -2.85. The maximum absolute atomic E-state index is 12.9. The topological polar surface area (TPSA) is 128 Å². The zero-order valence-corrected chi connectivity index (χ0v) is 18.7. The zero-order valence-electron chi connectivity index (χ0n) is 17.1. The first-order valence-corrected chi connectivity index (χ1v) is 11.8. The molecular formula is C21H19N3O6S2. The van der Waals surface area contributed by atoms with E-state index in [2.05, 4.69) is 10.0 Å². The molecule has 0 aliphatic carbocycles. The second-order valence-electron chi connectivity index (χ2n) is 6.46. The van der Waals surface area contributed by atoms with Crippen LogP contribution in [0.15, 0.2) is 76.5 Å². The van der Waals surface area contributed by atoms with Gasteiger partial charge >= 0.3 is 0 Å². The number of rotatable bonds is 8. The van der Waals surface area contributed by atoms with Crippen LogP contribution >= 0.6 is 11.8 Å². The molecule has 0 atom stereocenters. The molecule has 0 fully saturated rings. The third kappa shape index (κ3) is 5.37. The maximum atomic E-state index is 12.9. The van der Waals surface area contributed by atoms with E-state index < -0.39 is 20.9 Å². The molecule has 0 aromatic heterocycles. The number of amides is 1. The van der Waals surface area contributed by atoms with Crippen LogP contribution in [0.5, 0.6) is 5.75 Å². The smallest absolute Gasteiger partial charge is 0.271 e. The molecule has 3 aromatic carbocycles. The molecule has 0 saturated carbocycles. The normalized spacial score (nSPS) is 10.9. The van der Waals surface area contributed by atoms with Gasteiger partial charge in [-0.05, 0) is 48.7 Å². The molecule has 9 nitrogen and oxygen atoms in total. The third-order valence-electron chi connectivity index (χ3n) is 4.37. The van der Waals surface area contributed by atoms with Crippen molar-refractivity contribution in [3.8, 4) is 5.75 Å². The van der Waals surface area contributed by atoms with E-state index in [1.165, 1.54) is 55.3 Å². The van der Waals surface area contributed by atoms with Gasteiger partial charge in [-0.3, -0.25) is 19.6 Å². The van der Waals surface area contributed by atoms with E-state index >= 15 is 0 Å². The molecule has 166 valence electrons. The number of nitrogens with zero attached hydrogens (tertiary/aromatic N) is 1. The quantitative estimate of drug-likeness (QED) is 0.282. The molecule has 32 heavy (non-hydrogen) atoms. The average molecular weight is 474 g/mol. The van der Waals surface area contributed by atoms with Crippen LogP contribution in [0.3, 0.4) is 0 Å². The number of carbonyl (C=O) groups is 1. The minimum Gasteiger partial charge on any atom is -0.495 e.